The van der Waals surface area contributed by atoms with Crippen LogP contribution in [0.1, 0.15) is 34.3 Å². The number of ether oxygens (including phenoxy) is 1. The average molecular weight is 535 g/mol. The van der Waals surface area contributed by atoms with Crippen LogP contribution in [-0.2, 0) is 22.9 Å². The fourth-order valence-electron chi connectivity index (χ4n) is 4.58. The smallest absolute Gasteiger partial charge is 0.265 e. The number of aromatic hydroxyl groups is 1. The summed E-state index contributed by atoms with van der Waals surface area (Å²) in [5.74, 6) is -3.17. The molecule has 0 radical (unpaired) electrons. The number of sulfonamides is 1. The van der Waals surface area contributed by atoms with Gasteiger partial charge in [-0.3, -0.25) is 9.52 Å². The third-order valence-corrected chi connectivity index (χ3v) is 7.96. The third kappa shape index (κ3) is 4.35. The van der Waals surface area contributed by atoms with Gasteiger partial charge in [0.15, 0.2) is 5.75 Å². The molecule has 4 bridgehead atoms. The van der Waals surface area contributed by atoms with Crippen molar-refractivity contribution >= 4 is 33.2 Å². The lowest BCUT2D eigenvalue weighted by atomic mass is 9.85. The maximum Gasteiger partial charge on any atom is 0.265 e. The minimum atomic E-state index is -4.64. The second-order valence-corrected chi connectivity index (χ2v) is 10.7. The molecule has 0 spiro atoms. The Bertz CT molecular complexity index is 1510. The number of halogens is 3. The molecule has 0 fully saturated rings. The molecule has 7 nitrogen and oxygen atoms in total. The number of benzene rings is 3. The minimum absolute atomic E-state index is 0.0298. The van der Waals surface area contributed by atoms with E-state index in [1.54, 1.807) is 6.07 Å². The summed E-state index contributed by atoms with van der Waals surface area (Å²) in [5.41, 5.74) is 1.57. The van der Waals surface area contributed by atoms with Gasteiger partial charge < -0.3 is 15.2 Å². The highest BCUT2D eigenvalue weighted by atomic mass is 35.5. The Labute approximate surface area is 211 Å². The lowest BCUT2D eigenvalue weighted by molar-refractivity contribution is 0.0947. The number of carbonyl (C=O) groups is 1. The Kier molecular flexibility index (Phi) is 6.25. The number of amides is 1. The molecule has 3 aromatic carbocycles. The van der Waals surface area contributed by atoms with Crippen LogP contribution >= 0.6 is 11.6 Å². The monoisotopic (exact) mass is 534 g/mol. The van der Waals surface area contributed by atoms with Crippen molar-refractivity contribution in [2.24, 2.45) is 0 Å². The van der Waals surface area contributed by atoms with Crippen molar-refractivity contribution in [1.82, 2.24) is 5.32 Å². The van der Waals surface area contributed by atoms with Crippen molar-refractivity contribution in [1.29, 1.82) is 0 Å². The fraction of sp³-hybridized carbons (Fsp3) is 0.240. The first-order valence-corrected chi connectivity index (χ1v) is 13.1. The zero-order valence-corrected chi connectivity index (χ0v) is 20.4. The van der Waals surface area contributed by atoms with E-state index in [-0.39, 0.29) is 29.3 Å². The van der Waals surface area contributed by atoms with Crippen LogP contribution in [0.15, 0.2) is 41.3 Å². The van der Waals surface area contributed by atoms with E-state index in [0.717, 1.165) is 48.6 Å². The topological polar surface area (TPSA) is 105 Å². The fourth-order valence-corrected chi connectivity index (χ4v) is 6.06. The quantitative estimate of drug-likeness (QED) is 0.384. The van der Waals surface area contributed by atoms with Crippen LogP contribution in [0.25, 0.3) is 11.1 Å². The summed E-state index contributed by atoms with van der Waals surface area (Å²) in [7, 11) is -4.64. The highest BCUT2D eigenvalue weighted by molar-refractivity contribution is 7.92. The van der Waals surface area contributed by atoms with Gasteiger partial charge in [0.2, 0.25) is 0 Å². The van der Waals surface area contributed by atoms with E-state index in [1.165, 1.54) is 0 Å². The van der Waals surface area contributed by atoms with Gasteiger partial charge in [0.05, 0.1) is 17.3 Å². The standard InChI is InChI=1S/C25H21ClF2N2O5S/c26-17-9-14-10-22(24(17)31)36(33,34)30-20-11-16(18(27)12-19(20)28)23-15-4-2-1-3-13(15)5-6-21(23)35-8-7-29-25(14)32/h5-6,9-12,30-31H,1-4,7-8H2,(H,29,32). The van der Waals surface area contributed by atoms with Crippen molar-refractivity contribution in [3.63, 3.8) is 0 Å². The molecule has 0 aromatic heterocycles. The van der Waals surface area contributed by atoms with E-state index >= 15 is 4.39 Å². The molecule has 1 amide bonds. The summed E-state index contributed by atoms with van der Waals surface area (Å²) >= 11 is 5.98. The first-order valence-electron chi connectivity index (χ1n) is 11.3. The lowest BCUT2D eigenvalue weighted by Gasteiger charge is -2.23. The summed E-state index contributed by atoms with van der Waals surface area (Å²) in [5, 5.41) is 12.5. The van der Waals surface area contributed by atoms with Gasteiger partial charge in [0.1, 0.15) is 28.9 Å². The molecule has 0 unspecified atom stereocenters. The van der Waals surface area contributed by atoms with E-state index in [1.807, 2.05) is 6.07 Å². The first kappa shape index (κ1) is 24.3. The van der Waals surface area contributed by atoms with E-state index < -0.39 is 43.9 Å². The van der Waals surface area contributed by atoms with E-state index in [9.17, 15) is 22.7 Å². The normalized spacial score (nSPS) is 16.8. The number of hydrogen-bond acceptors (Lipinski definition) is 5. The zero-order valence-electron chi connectivity index (χ0n) is 18.8. The van der Waals surface area contributed by atoms with Gasteiger partial charge in [-0.15, -0.1) is 0 Å². The molecule has 3 aromatic rings. The van der Waals surface area contributed by atoms with E-state index in [0.29, 0.717) is 23.8 Å². The molecule has 0 atom stereocenters. The molecule has 3 N–H and O–H groups in total. The summed E-state index contributed by atoms with van der Waals surface area (Å²) in [4.78, 5) is 11.9. The van der Waals surface area contributed by atoms with Crippen LogP contribution in [0, 0.1) is 11.6 Å². The molecular formula is C25H21ClF2N2O5S. The maximum atomic E-state index is 15.2. The number of aryl methyl sites for hydroxylation is 1. The van der Waals surface area contributed by atoms with Crippen molar-refractivity contribution < 1.29 is 31.8 Å². The number of fused-ring (bicyclic) bond motifs is 8. The molecule has 188 valence electrons. The lowest BCUT2D eigenvalue weighted by Crippen LogP contribution is -2.28. The molecule has 2 aliphatic rings. The largest absolute Gasteiger partial charge is 0.505 e. The van der Waals surface area contributed by atoms with Gasteiger partial charge >= 0.3 is 0 Å². The van der Waals surface area contributed by atoms with E-state index in [2.05, 4.69) is 10.0 Å². The van der Waals surface area contributed by atoms with Gasteiger partial charge in [-0.25, -0.2) is 17.2 Å². The number of anilines is 1. The van der Waals surface area contributed by atoms with Gasteiger partial charge in [-0.2, -0.15) is 0 Å². The van der Waals surface area contributed by atoms with Crippen molar-refractivity contribution in [2.45, 2.75) is 30.6 Å². The molecule has 0 saturated carbocycles. The molecule has 1 aliphatic heterocycles. The molecule has 5 rings (SSSR count). The Morgan fingerprint density at radius 2 is 1.81 bits per heavy atom. The summed E-state index contributed by atoms with van der Waals surface area (Å²) in [6, 6.07) is 7.32. The average Bonchev–Trinajstić information content (AvgIpc) is 2.84. The minimum Gasteiger partial charge on any atom is -0.505 e. The molecular weight excluding hydrogens is 514 g/mol. The predicted octanol–water partition coefficient (Wildman–Crippen LogP) is 4.79. The highest BCUT2D eigenvalue weighted by Gasteiger charge is 2.27. The van der Waals surface area contributed by atoms with Crippen LogP contribution in [0.5, 0.6) is 11.5 Å². The maximum absolute atomic E-state index is 15.2. The number of hydrogen-bond donors (Lipinski definition) is 3. The van der Waals surface area contributed by atoms with Gasteiger partial charge in [-0.05, 0) is 61.1 Å². The van der Waals surface area contributed by atoms with Gasteiger partial charge in [-0.1, -0.05) is 17.7 Å². The SMILES string of the molecule is O=C1NCCOc2ccc3c(c2-c2cc(c(F)cc2F)NS(=O)(=O)c2cc1cc(Cl)c2O)CCCC3. The number of phenolic OH excluding ortho intramolecular Hbond substituents is 1. The van der Waals surface area contributed by atoms with Gasteiger partial charge in [0, 0.05) is 22.8 Å². The summed E-state index contributed by atoms with van der Waals surface area (Å²) in [6.45, 7) is 0.0771. The van der Waals surface area contributed by atoms with Crippen LogP contribution in [-0.4, -0.2) is 32.6 Å². The highest BCUT2D eigenvalue weighted by Crippen LogP contribution is 2.42. The van der Waals surface area contributed by atoms with Crippen LogP contribution in [0.3, 0.4) is 0 Å². The van der Waals surface area contributed by atoms with E-state index in [4.69, 9.17) is 16.3 Å². The second-order valence-electron chi connectivity index (χ2n) is 8.61. The zero-order chi connectivity index (χ0) is 25.6. The number of carbonyl (C=O) groups excluding carboxylic acids is 1. The number of nitrogens with one attached hydrogen (secondary N) is 2. The molecule has 1 aliphatic carbocycles. The first-order chi connectivity index (χ1) is 17.2. The molecule has 36 heavy (non-hydrogen) atoms. The van der Waals surface area contributed by atoms with Crippen molar-refractivity contribution in [2.75, 3.05) is 17.9 Å². The van der Waals surface area contributed by atoms with Crippen molar-refractivity contribution in [3.05, 3.63) is 69.7 Å². The Balaban J connectivity index is 1.74. The van der Waals surface area contributed by atoms with Crippen molar-refractivity contribution in [3.8, 4) is 22.6 Å². The second kappa shape index (κ2) is 9.25. The Morgan fingerprint density at radius 3 is 2.61 bits per heavy atom. The van der Waals surface area contributed by atoms with Gasteiger partial charge in [0.25, 0.3) is 15.9 Å². The summed E-state index contributed by atoms with van der Waals surface area (Å²) in [6.07, 6.45) is 3.28. The van der Waals surface area contributed by atoms with Crippen LogP contribution < -0.4 is 14.8 Å². The number of rotatable bonds is 0. The molecule has 11 heteroatoms. The predicted molar refractivity (Wildman–Crippen MR) is 130 cm³/mol. The third-order valence-electron chi connectivity index (χ3n) is 6.29. The Morgan fingerprint density at radius 1 is 1.03 bits per heavy atom. The van der Waals surface area contributed by atoms with Crippen LogP contribution in [0.4, 0.5) is 14.5 Å². The molecule has 0 saturated heterocycles. The molecule has 1 heterocycles. The summed E-state index contributed by atoms with van der Waals surface area (Å²) < 4.78 is 64.3. The van der Waals surface area contributed by atoms with Crippen LogP contribution in [0.2, 0.25) is 5.02 Å². The number of phenols is 1. The Hall–Kier alpha value is -3.37.